The number of hydrogen-bond donors (Lipinski definition) is 1. The van der Waals surface area contributed by atoms with Gasteiger partial charge in [-0.2, -0.15) is 0 Å². The van der Waals surface area contributed by atoms with Crippen molar-refractivity contribution in [2.45, 2.75) is 39.8 Å². The molecule has 1 amide bonds. The minimum Gasteiger partial charge on any atom is -0.462 e. The summed E-state index contributed by atoms with van der Waals surface area (Å²) in [5.74, 6) is -0.586. The van der Waals surface area contributed by atoms with Crippen LogP contribution in [0, 0.1) is 0 Å². The van der Waals surface area contributed by atoms with Crippen LogP contribution in [0.4, 0.5) is 5.00 Å². The summed E-state index contributed by atoms with van der Waals surface area (Å²) in [6, 6.07) is 12.2. The van der Waals surface area contributed by atoms with Crippen LogP contribution in [0.3, 0.4) is 0 Å². The third kappa shape index (κ3) is 4.40. The first-order valence-corrected chi connectivity index (χ1v) is 13.7. The van der Waals surface area contributed by atoms with Crippen molar-refractivity contribution >= 4 is 61.1 Å². The molecule has 4 aromatic rings. The number of amides is 1. The Balaban J connectivity index is 1.42. The molecule has 1 aliphatic rings. The molecule has 4 heterocycles. The summed E-state index contributed by atoms with van der Waals surface area (Å²) in [7, 11) is 0. The van der Waals surface area contributed by atoms with Crippen molar-refractivity contribution in [3.63, 3.8) is 0 Å². The van der Waals surface area contributed by atoms with Crippen molar-refractivity contribution in [1.82, 2.24) is 9.88 Å². The molecule has 5 rings (SSSR count). The maximum absolute atomic E-state index is 13.2. The molecule has 0 bridgehead atoms. The second-order valence-corrected chi connectivity index (χ2v) is 11.6. The van der Waals surface area contributed by atoms with Crippen molar-refractivity contribution in [2.75, 3.05) is 18.5 Å². The van der Waals surface area contributed by atoms with Gasteiger partial charge < -0.3 is 10.1 Å². The van der Waals surface area contributed by atoms with Gasteiger partial charge in [-0.1, -0.05) is 12.1 Å². The highest BCUT2D eigenvalue weighted by molar-refractivity contribution is 7.26. The number of nitrogens with one attached hydrogen (secondary N) is 1. The standard InChI is InChI=1S/C25H25N3O3S3/c1-4-31-25(30)21-15-11-12-28(14(2)3)13-20(15)34-24(21)27-22(29)18-9-10-19(32-18)23-26-16-7-5-6-8-17(16)33-23/h5-10,14H,4,11-13H2,1-3H3,(H,27,29). The highest BCUT2D eigenvalue weighted by Gasteiger charge is 2.30. The normalized spacial score (nSPS) is 13.9. The van der Waals surface area contributed by atoms with E-state index in [1.54, 1.807) is 18.3 Å². The van der Waals surface area contributed by atoms with Gasteiger partial charge in [0.2, 0.25) is 0 Å². The molecule has 0 aliphatic carbocycles. The Kier molecular flexibility index (Phi) is 6.52. The fraction of sp³-hybridized carbons (Fsp3) is 0.320. The average Bonchev–Trinajstić information content (AvgIpc) is 3.54. The molecule has 6 nitrogen and oxygen atoms in total. The summed E-state index contributed by atoms with van der Waals surface area (Å²) >= 11 is 4.51. The molecule has 176 valence electrons. The Morgan fingerprint density at radius 1 is 1.15 bits per heavy atom. The van der Waals surface area contributed by atoms with Crippen LogP contribution in [0.1, 0.15) is 51.2 Å². The topological polar surface area (TPSA) is 71.5 Å². The SMILES string of the molecule is CCOC(=O)c1c(NC(=O)c2ccc(-c3nc4ccccc4s3)s2)sc2c1CCN(C(C)C)C2. The van der Waals surface area contributed by atoms with Crippen molar-refractivity contribution < 1.29 is 14.3 Å². The lowest BCUT2D eigenvalue weighted by Crippen LogP contribution is -2.35. The van der Waals surface area contributed by atoms with Gasteiger partial charge in [0.1, 0.15) is 10.0 Å². The van der Waals surface area contributed by atoms with Gasteiger partial charge in [-0.15, -0.1) is 34.0 Å². The number of rotatable bonds is 6. The zero-order valence-electron chi connectivity index (χ0n) is 19.2. The molecular weight excluding hydrogens is 486 g/mol. The van der Waals surface area contributed by atoms with Crippen LogP contribution in [0.5, 0.6) is 0 Å². The van der Waals surface area contributed by atoms with E-state index in [-0.39, 0.29) is 11.9 Å². The molecule has 0 saturated heterocycles. The zero-order chi connectivity index (χ0) is 23.8. The van der Waals surface area contributed by atoms with Gasteiger partial charge in [0.15, 0.2) is 0 Å². The zero-order valence-corrected chi connectivity index (χ0v) is 21.7. The molecule has 3 aromatic heterocycles. The largest absolute Gasteiger partial charge is 0.462 e. The minimum atomic E-state index is -0.366. The summed E-state index contributed by atoms with van der Waals surface area (Å²) in [4.78, 5) is 35.7. The van der Waals surface area contributed by atoms with E-state index in [1.165, 1.54) is 22.7 Å². The number of hydrogen-bond acceptors (Lipinski definition) is 8. The van der Waals surface area contributed by atoms with Crippen molar-refractivity contribution in [1.29, 1.82) is 0 Å². The number of carbonyl (C=O) groups is 2. The number of anilines is 1. The lowest BCUT2D eigenvalue weighted by Gasteiger charge is -2.30. The molecule has 34 heavy (non-hydrogen) atoms. The monoisotopic (exact) mass is 511 g/mol. The van der Waals surface area contributed by atoms with Gasteiger partial charge in [0, 0.05) is 24.0 Å². The van der Waals surface area contributed by atoms with E-state index in [2.05, 4.69) is 24.1 Å². The number of thiophene rings is 2. The fourth-order valence-electron chi connectivity index (χ4n) is 4.09. The van der Waals surface area contributed by atoms with Crippen LogP contribution in [0.25, 0.3) is 20.1 Å². The van der Waals surface area contributed by atoms with Gasteiger partial charge in [-0.05, 0) is 57.0 Å². The quantitative estimate of drug-likeness (QED) is 0.308. The smallest absolute Gasteiger partial charge is 0.341 e. The fourth-order valence-corrected chi connectivity index (χ4v) is 7.27. The summed E-state index contributed by atoms with van der Waals surface area (Å²) in [6.45, 7) is 8.11. The summed E-state index contributed by atoms with van der Waals surface area (Å²) < 4.78 is 6.46. The molecule has 1 N–H and O–H groups in total. The number of esters is 1. The van der Waals surface area contributed by atoms with Crippen LogP contribution in [0.2, 0.25) is 0 Å². The van der Waals surface area contributed by atoms with Crippen LogP contribution < -0.4 is 5.32 Å². The number of fused-ring (bicyclic) bond motifs is 2. The predicted octanol–water partition coefficient (Wildman–Crippen LogP) is 6.28. The average molecular weight is 512 g/mol. The molecular formula is C25H25N3O3S3. The van der Waals surface area contributed by atoms with E-state index >= 15 is 0 Å². The number of thiazole rings is 1. The van der Waals surface area contributed by atoms with Gasteiger partial charge >= 0.3 is 5.97 Å². The maximum atomic E-state index is 13.2. The number of ether oxygens (including phenoxy) is 1. The molecule has 0 spiro atoms. The first-order chi connectivity index (χ1) is 16.4. The minimum absolute atomic E-state index is 0.220. The van der Waals surface area contributed by atoms with Crippen molar-refractivity contribution in [3.8, 4) is 9.88 Å². The number of nitrogens with zero attached hydrogens (tertiary/aromatic N) is 2. The van der Waals surface area contributed by atoms with E-state index in [9.17, 15) is 9.59 Å². The lowest BCUT2D eigenvalue weighted by molar-refractivity contribution is 0.0526. The maximum Gasteiger partial charge on any atom is 0.341 e. The third-order valence-corrected chi connectivity index (χ3v) is 9.28. The van der Waals surface area contributed by atoms with Gasteiger partial charge in [-0.25, -0.2) is 9.78 Å². The highest BCUT2D eigenvalue weighted by atomic mass is 32.1. The first-order valence-electron chi connectivity index (χ1n) is 11.3. The Morgan fingerprint density at radius 3 is 2.74 bits per heavy atom. The Bertz CT molecular complexity index is 1340. The summed E-state index contributed by atoms with van der Waals surface area (Å²) in [5, 5.41) is 4.49. The number of aromatic nitrogens is 1. The summed E-state index contributed by atoms with van der Waals surface area (Å²) in [6.07, 6.45) is 0.773. The van der Waals surface area contributed by atoms with E-state index < -0.39 is 0 Å². The molecule has 9 heteroatoms. The van der Waals surface area contributed by atoms with Gasteiger partial charge in [0.25, 0.3) is 5.91 Å². The molecule has 1 aliphatic heterocycles. The number of para-hydroxylation sites is 1. The second kappa shape index (κ2) is 9.58. The molecule has 0 saturated carbocycles. The third-order valence-electron chi connectivity index (χ3n) is 5.86. The molecule has 1 aromatic carbocycles. The molecule has 0 atom stereocenters. The molecule has 0 fully saturated rings. The van der Waals surface area contributed by atoms with Crippen LogP contribution in [-0.4, -0.2) is 41.0 Å². The van der Waals surface area contributed by atoms with Crippen LogP contribution in [-0.2, 0) is 17.7 Å². The number of benzene rings is 1. The van der Waals surface area contributed by atoms with Crippen LogP contribution >= 0.6 is 34.0 Å². The second-order valence-electron chi connectivity index (χ2n) is 8.35. The number of carbonyl (C=O) groups excluding carboxylic acids is 2. The van der Waals surface area contributed by atoms with Gasteiger partial charge in [-0.3, -0.25) is 9.69 Å². The Morgan fingerprint density at radius 2 is 1.97 bits per heavy atom. The highest BCUT2D eigenvalue weighted by Crippen LogP contribution is 2.39. The van der Waals surface area contributed by atoms with E-state index in [0.717, 1.165) is 50.1 Å². The molecule has 0 radical (unpaired) electrons. The van der Waals surface area contributed by atoms with E-state index in [1.807, 2.05) is 36.4 Å². The van der Waals surface area contributed by atoms with Gasteiger partial charge in [0.05, 0.1) is 32.1 Å². The van der Waals surface area contributed by atoms with Crippen molar-refractivity contribution in [2.24, 2.45) is 0 Å². The molecule has 0 unspecified atom stereocenters. The Hall–Kier alpha value is -2.59. The summed E-state index contributed by atoms with van der Waals surface area (Å²) in [5.41, 5.74) is 2.49. The predicted molar refractivity (Wildman–Crippen MR) is 140 cm³/mol. The first kappa shape index (κ1) is 23.2. The Labute approximate surface area is 210 Å². The van der Waals surface area contributed by atoms with E-state index in [4.69, 9.17) is 9.72 Å². The van der Waals surface area contributed by atoms with Crippen molar-refractivity contribution in [3.05, 3.63) is 57.3 Å². The lowest BCUT2D eigenvalue weighted by atomic mass is 10.0. The van der Waals surface area contributed by atoms with Crippen LogP contribution in [0.15, 0.2) is 36.4 Å². The van der Waals surface area contributed by atoms with E-state index in [0.29, 0.717) is 28.1 Å².